The molecule has 2 nitrogen and oxygen atoms in total. The van der Waals surface area contributed by atoms with E-state index in [0.29, 0.717) is 12.3 Å². The lowest BCUT2D eigenvalue weighted by Crippen LogP contribution is -2.23. The van der Waals surface area contributed by atoms with E-state index in [-0.39, 0.29) is 5.92 Å². The van der Waals surface area contributed by atoms with Crippen molar-refractivity contribution >= 4 is 10.2 Å². The van der Waals surface area contributed by atoms with Crippen LogP contribution in [0.4, 0.5) is 3.89 Å². The summed E-state index contributed by atoms with van der Waals surface area (Å²) in [6.07, 6.45) is 3.53. The fourth-order valence-corrected chi connectivity index (χ4v) is 3.74. The van der Waals surface area contributed by atoms with E-state index in [1.807, 2.05) is 0 Å². The molecule has 0 N–H and O–H groups in total. The summed E-state index contributed by atoms with van der Waals surface area (Å²) >= 11 is 0. The average molecular weight is 178 g/mol. The van der Waals surface area contributed by atoms with Crippen LogP contribution in [0.3, 0.4) is 0 Å². The van der Waals surface area contributed by atoms with Gasteiger partial charge in [-0.2, -0.15) is 8.42 Å². The van der Waals surface area contributed by atoms with Gasteiger partial charge in [0.25, 0.3) is 0 Å². The highest BCUT2D eigenvalue weighted by Crippen LogP contribution is 2.47. The first-order chi connectivity index (χ1) is 5.07. The summed E-state index contributed by atoms with van der Waals surface area (Å²) in [5, 5.41) is -0.652. The molecule has 0 aromatic heterocycles. The second kappa shape index (κ2) is 2.19. The van der Waals surface area contributed by atoms with Crippen LogP contribution in [0.2, 0.25) is 0 Å². The van der Waals surface area contributed by atoms with Crippen LogP contribution in [0.1, 0.15) is 25.7 Å². The number of halogens is 1. The van der Waals surface area contributed by atoms with Gasteiger partial charge in [-0.3, -0.25) is 0 Å². The molecule has 2 saturated carbocycles. The van der Waals surface area contributed by atoms with Gasteiger partial charge in [0, 0.05) is 0 Å². The summed E-state index contributed by atoms with van der Waals surface area (Å²) in [7, 11) is -4.23. The van der Waals surface area contributed by atoms with E-state index >= 15 is 0 Å². The Hall–Kier alpha value is -0.120. The Bertz CT molecular complexity index is 260. The Labute approximate surface area is 66.0 Å². The Kier molecular flexibility index (Phi) is 1.50. The molecule has 0 aromatic rings. The number of hydrogen-bond acceptors (Lipinski definition) is 2. The van der Waals surface area contributed by atoms with Crippen LogP contribution in [0.15, 0.2) is 0 Å². The fraction of sp³-hybridized carbons (Fsp3) is 1.00. The van der Waals surface area contributed by atoms with Gasteiger partial charge in [-0.25, -0.2) is 0 Å². The van der Waals surface area contributed by atoms with Gasteiger partial charge in [-0.15, -0.1) is 3.89 Å². The molecule has 0 saturated heterocycles. The maximum absolute atomic E-state index is 12.5. The third-order valence-electron chi connectivity index (χ3n) is 3.03. The van der Waals surface area contributed by atoms with Gasteiger partial charge in [-0.1, -0.05) is 6.42 Å². The monoisotopic (exact) mass is 178 g/mol. The third kappa shape index (κ3) is 1.17. The molecule has 64 valence electrons. The van der Waals surface area contributed by atoms with Crippen molar-refractivity contribution in [2.75, 3.05) is 0 Å². The van der Waals surface area contributed by atoms with E-state index in [1.54, 1.807) is 0 Å². The SMILES string of the molecule is O=S(=O)(F)[C@H]1C[C@@H]2CC[C@H]1C2. The van der Waals surface area contributed by atoms with Crippen molar-refractivity contribution in [3.05, 3.63) is 0 Å². The summed E-state index contributed by atoms with van der Waals surface area (Å²) in [5.41, 5.74) is 0. The second-order valence-corrected chi connectivity index (χ2v) is 5.25. The predicted octanol–water partition coefficient (Wildman–Crippen LogP) is 1.47. The molecular formula is C7H11FO2S. The number of rotatable bonds is 1. The molecular weight excluding hydrogens is 167 g/mol. The zero-order valence-corrected chi connectivity index (χ0v) is 6.98. The van der Waals surface area contributed by atoms with E-state index in [0.717, 1.165) is 19.3 Å². The van der Waals surface area contributed by atoms with E-state index in [9.17, 15) is 12.3 Å². The van der Waals surface area contributed by atoms with Gasteiger partial charge < -0.3 is 0 Å². The maximum atomic E-state index is 12.5. The molecule has 0 heterocycles. The highest BCUT2D eigenvalue weighted by Gasteiger charge is 2.46. The molecule has 0 amide bonds. The van der Waals surface area contributed by atoms with Crippen molar-refractivity contribution in [1.29, 1.82) is 0 Å². The molecule has 0 aliphatic heterocycles. The first-order valence-electron chi connectivity index (χ1n) is 4.01. The van der Waals surface area contributed by atoms with Crippen molar-refractivity contribution in [3.8, 4) is 0 Å². The van der Waals surface area contributed by atoms with Gasteiger partial charge in [0.1, 0.15) is 0 Å². The van der Waals surface area contributed by atoms with Gasteiger partial charge >= 0.3 is 10.2 Å². The Morgan fingerprint density at radius 3 is 2.18 bits per heavy atom. The lowest BCUT2D eigenvalue weighted by atomic mass is 10.0. The molecule has 0 spiro atoms. The van der Waals surface area contributed by atoms with Gasteiger partial charge in [0.05, 0.1) is 5.25 Å². The van der Waals surface area contributed by atoms with Crippen LogP contribution >= 0.6 is 0 Å². The van der Waals surface area contributed by atoms with E-state index in [2.05, 4.69) is 0 Å². The Morgan fingerprint density at radius 2 is 1.91 bits per heavy atom. The molecule has 0 radical (unpaired) electrons. The highest BCUT2D eigenvalue weighted by atomic mass is 32.3. The first kappa shape index (κ1) is 7.53. The summed E-state index contributed by atoms with van der Waals surface area (Å²) < 4.78 is 33.6. The van der Waals surface area contributed by atoms with Crippen LogP contribution in [0.5, 0.6) is 0 Å². The number of fused-ring (bicyclic) bond motifs is 2. The fourth-order valence-electron chi connectivity index (χ4n) is 2.53. The van der Waals surface area contributed by atoms with Crippen LogP contribution in [0.25, 0.3) is 0 Å². The zero-order valence-electron chi connectivity index (χ0n) is 6.16. The van der Waals surface area contributed by atoms with E-state index in [4.69, 9.17) is 0 Å². The molecule has 2 bridgehead atoms. The number of hydrogen-bond donors (Lipinski definition) is 0. The topological polar surface area (TPSA) is 34.1 Å². The predicted molar refractivity (Wildman–Crippen MR) is 39.3 cm³/mol. The second-order valence-electron chi connectivity index (χ2n) is 3.69. The van der Waals surface area contributed by atoms with Gasteiger partial charge in [0.2, 0.25) is 0 Å². The van der Waals surface area contributed by atoms with Crippen molar-refractivity contribution in [1.82, 2.24) is 0 Å². The molecule has 11 heavy (non-hydrogen) atoms. The maximum Gasteiger partial charge on any atom is 0.305 e. The molecule has 2 aliphatic rings. The minimum Gasteiger partial charge on any atom is -0.195 e. The Morgan fingerprint density at radius 1 is 1.18 bits per heavy atom. The van der Waals surface area contributed by atoms with Crippen LogP contribution in [0, 0.1) is 11.8 Å². The minimum absolute atomic E-state index is 0.134. The van der Waals surface area contributed by atoms with Gasteiger partial charge in [0.15, 0.2) is 0 Å². The summed E-state index contributed by atoms with van der Waals surface area (Å²) in [6.45, 7) is 0. The minimum atomic E-state index is -4.23. The molecule has 2 rings (SSSR count). The Balaban J connectivity index is 2.21. The van der Waals surface area contributed by atoms with Crippen LogP contribution in [-0.2, 0) is 10.2 Å². The normalized spacial score (nSPS) is 43.2. The molecule has 4 heteroatoms. The lowest BCUT2D eigenvalue weighted by Gasteiger charge is -2.16. The van der Waals surface area contributed by atoms with Gasteiger partial charge in [-0.05, 0) is 31.1 Å². The standard InChI is InChI=1S/C7H11FO2S/c8-11(9,10)7-4-5-1-2-6(7)3-5/h5-7H,1-4H2/t5-,6+,7+/m1/s1. The van der Waals surface area contributed by atoms with Crippen LogP contribution in [-0.4, -0.2) is 13.7 Å². The molecule has 3 atom stereocenters. The lowest BCUT2D eigenvalue weighted by molar-refractivity contribution is 0.446. The molecule has 2 aliphatic carbocycles. The first-order valence-corrected chi connectivity index (χ1v) is 5.45. The van der Waals surface area contributed by atoms with E-state index in [1.165, 1.54) is 0 Å². The highest BCUT2D eigenvalue weighted by molar-refractivity contribution is 7.87. The van der Waals surface area contributed by atoms with Crippen molar-refractivity contribution in [3.63, 3.8) is 0 Å². The molecule has 0 aromatic carbocycles. The summed E-state index contributed by atoms with van der Waals surface area (Å²) in [4.78, 5) is 0. The largest absolute Gasteiger partial charge is 0.305 e. The quantitative estimate of drug-likeness (QED) is 0.570. The molecule has 0 unspecified atom stereocenters. The van der Waals surface area contributed by atoms with Crippen molar-refractivity contribution < 1.29 is 12.3 Å². The van der Waals surface area contributed by atoms with Crippen molar-refractivity contribution in [2.24, 2.45) is 11.8 Å². The van der Waals surface area contributed by atoms with E-state index < -0.39 is 15.5 Å². The third-order valence-corrected chi connectivity index (χ3v) is 4.34. The van der Waals surface area contributed by atoms with Crippen LogP contribution < -0.4 is 0 Å². The smallest absolute Gasteiger partial charge is 0.195 e. The average Bonchev–Trinajstić information content (AvgIpc) is 2.42. The molecule has 2 fully saturated rings. The zero-order chi connectivity index (χ0) is 8.06. The summed E-state index contributed by atoms with van der Waals surface area (Å²) in [5.74, 6) is 0.630. The summed E-state index contributed by atoms with van der Waals surface area (Å²) in [6, 6.07) is 0. The van der Waals surface area contributed by atoms with Crippen molar-refractivity contribution in [2.45, 2.75) is 30.9 Å².